The Morgan fingerprint density at radius 2 is 2.13 bits per heavy atom. The summed E-state index contributed by atoms with van der Waals surface area (Å²) >= 11 is 6.09. The summed E-state index contributed by atoms with van der Waals surface area (Å²) in [4.78, 5) is 0. The minimum Gasteiger partial charge on any atom is -0.501 e. The number of nitrogens with two attached hydrogens (primary N) is 1. The van der Waals surface area contributed by atoms with Crippen LogP contribution >= 0.6 is 11.6 Å². The second-order valence-electron chi connectivity index (χ2n) is 3.67. The van der Waals surface area contributed by atoms with E-state index in [0.29, 0.717) is 0 Å². The number of ether oxygens (including phenoxy) is 1. The molecule has 0 spiro atoms. The van der Waals surface area contributed by atoms with Crippen molar-refractivity contribution in [2.24, 2.45) is 5.73 Å². The fourth-order valence-electron chi connectivity index (χ4n) is 1.74. The molecule has 2 N–H and O–H groups in total. The van der Waals surface area contributed by atoms with Crippen LogP contribution in [0.25, 0.3) is 0 Å². The van der Waals surface area contributed by atoms with E-state index in [9.17, 15) is 0 Å². The number of rotatable bonds is 2. The molecule has 0 amide bonds. The van der Waals surface area contributed by atoms with Gasteiger partial charge in [-0.25, -0.2) is 0 Å². The van der Waals surface area contributed by atoms with Crippen molar-refractivity contribution in [2.45, 2.75) is 18.9 Å². The van der Waals surface area contributed by atoms with Gasteiger partial charge >= 0.3 is 0 Å². The molecule has 0 aromatic heterocycles. The third-order valence-corrected chi connectivity index (χ3v) is 2.95. The molecule has 1 unspecified atom stereocenters. The van der Waals surface area contributed by atoms with Crippen LogP contribution in [0.4, 0.5) is 0 Å². The second kappa shape index (κ2) is 4.69. The van der Waals surface area contributed by atoms with Crippen LogP contribution in [0.5, 0.6) is 0 Å². The van der Waals surface area contributed by atoms with Crippen LogP contribution in [-0.2, 0) is 4.74 Å². The van der Waals surface area contributed by atoms with Crippen LogP contribution in [0.1, 0.15) is 24.4 Å². The topological polar surface area (TPSA) is 35.2 Å². The first kappa shape index (κ1) is 10.5. The number of hydrogen-bond donors (Lipinski definition) is 1. The molecule has 2 rings (SSSR count). The van der Waals surface area contributed by atoms with Crippen molar-refractivity contribution in [3.8, 4) is 0 Å². The average Bonchev–Trinajstić information content (AvgIpc) is 2.30. The monoisotopic (exact) mass is 223 g/mol. The summed E-state index contributed by atoms with van der Waals surface area (Å²) in [7, 11) is 0. The maximum Gasteiger partial charge on any atom is 0.0876 e. The SMILES string of the molecule is NC(C1=COCCC1)c1ccccc1Cl. The number of halogens is 1. The Hall–Kier alpha value is -0.990. The molecule has 0 aliphatic carbocycles. The van der Waals surface area contributed by atoms with Crippen LogP contribution in [0.2, 0.25) is 5.02 Å². The lowest BCUT2D eigenvalue weighted by Gasteiger charge is -2.20. The number of benzene rings is 1. The Bertz CT molecular complexity index is 376. The summed E-state index contributed by atoms with van der Waals surface area (Å²) in [5, 5.41) is 0.719. The van der Waals surface area contributed by atoms with Gasteiger partial charge in [-0.15, -0.1) is 0 Å². The van der Waals surface area contributed by atoms with E-state index in [4.69, 9.17) is 22.1 Å². The molecule has 1 aromatic rings. The van der Waals surface area contributed by atoms with Gasteiger partial charge in [-0.1, -0.05) is 29.8 Å². The van der Waals surface area contributed by atoms with Crippen LogP contribution in [0, 0.1) is 0 Å². The predicted molar refractivity (Wildman–Crippen MR) is 61.6 cm³/mol. The number of hydrogen-bond acceptors (Lipinski definition) is 2. The summed E-state index contributed by atoms with van der Waals surface area (Å²) in [5.41, 5.74) is 8.23. The summed E-state index contributed by atoms with van der Waals surface area (Å²) in [5.74, 6) is 0. The summed E-state index contributed by atoms with van der Waals surface area (Å²) in [6, 6.07) is 7.54. The highest BCUT2D eigenvalue weighted by atomic mass is 35.5. The Morgan fingerprint density at radius 1 is 1.33 bits per heavy atom. The third-order valence-electron chi connectivity index (χ3n) is 2.60. The Balaban J connectivity index is 2.23. The zero-order valence-electron chi connectivity index (χ0n) is 8.45. The molecular weight excluding hydrogens is 210 g/mol. The van der Waals surface area contributed by atoms with E-state index < -0.39 is 0 Å². The van der Waals surface area contributed by atoms with Gasteiger partial charge < -0.3 is 10.5 Å². The summed E-state index contributed by atoms with van der Waals surface area (Å²) < 4.78 is 5.28. The van der Waals surface area contributed by atoms with Crippen molar-refractivity contribution >= 4 is 11.6 Å². The molecule has 1 aliphatic heterocycles. The predicted octanol–water partition coefficient (Wildman–Crippen LogP) is 3.03. The standard InChI is InChI=1S/C12H14ClNO/c13-11-6-2-1-5-10(11)12(14)9-4-3-7-15-8-9/h1-2,5-6,8,12H,3-4,7,14H2. The lowest BCUT2D eigenvalue weighted by molar-refractivity contribution is 0.221. The Kier molecular flexibility index (Phi) is 3.29. The van der Waals surface area contributed by atoms with Gasteiger partial charge in [0.1, 0.15) is 0 Å². The van der Waals surface area contributed by atoms with Gasteiger partial charge in [0.2, 0.25) is 0 Å². The van der Waals surface area contributed by atoms with Gasteiger partial charge in [-0.2, -0.15) is 0 Å². The van der Waals surface area contributed by atoms with E-state index in [0.717, 1.165) is 35.6 Å². The van der Waals surface area contributed by atoms with Gasteiger partial charge in [-0.05, 0) is 30.0 Å². The van der Waals surface area contributed by atoms with Crippen LogP contribution in [0.3, 0.4) is 0 Å². The summed E-state index contributed by atoms with van der Waals surface area (Å²) in [6.45, 7) is 0.790. The molecule has 1 aliphatic rings. The molecule has 80 valence electrons. The van der Waals surface area contributed by atoms with Crippen LogP contribution in [0.15, 0.2) is 36.1 Å². The Labute approximate surface area is 94.7 Å². The highest BCUT2D eigenvalue weighted by Crippen LogP contribution is 2.29. The van der Waals surface area contributed by atoms with Gasteiger partial charge in [0.15, 0.2) is 0 Å². The highest BCUT2D eigenvalue weighted by Gasteiger charge is 2.16. The van der Waals surface area contributed by atoms with E-state index in [2.05, 4.69) is 0 Å². The van der Waals surface area contributed by atoms with Gasteiger partial charge in [0, 0.05) is 5.02 Å². The molecule has 0 saturated heterocycles. The molecule has 1 atom stereocenters. The van der Waals surface area contributed by atoms with Crippen molar-refractivity contribution < 1.29 is 4.74 Å². The highest BCUT2D eigenvalue weighted by molar-refractivity contribution is 6.31. The van der Waals surface area contributed by atoms with E-state index >= 15 is 0 Å². The fourth-order valence-corrected chi connectivity index (χ4v) is 1.99. The molecule has 0 radical (unpaired) electrons. The van der Waals surface area contributed by atoms with Gasteiger partial charge in [-0.3, -0.25) is 0 Å². The van der Waals surface area contributed by atoms with E-state index in [1.165, 1.54) is 0 Å². The van der Waals surface area contributed by atoms with Crippen LogP contribution < -0.4 is 5.73 Å². The minimum atomic E-state index is -0.140. The summed E-state index contributed by atoms with van der Waals surface area (Å²) in [6.07, 6.45) is 3.80. The maximum absolute atomic E-state index is 6.14. The first-order valence-corrected chi connectivity index (χ1v) is 5.47. The molecular formula is C12H14ClNO. The van der Waals surface area contributed by atoms with Crippen molar-refractivity contribution in [1.29, 1.82) is 0 Å². The first-order valence-electron chi connectivity index (χ1n) is 5.09. The van der Waals surface area contributed by atoms with Crippen molar-refractivity contribution in [3.63, 3.8) is 0 Å². The van der Waals surface area contributed by atoms with Crippen molar-refractivity contribution in [2.75, 3.05) is 6.61 Å². The maximum atomic E-state index is 6.14. The second-order valence-corrected chi connectivity index (χ2v) is 4.07. The minimum absolute atomic E-state index is 0.140. The normalized spacial score (nSPS) is 17.9. The molecule has 15 heavy (non-hydrogen) atoms. The lowest BCUT2D eigenvalue weighted by atomic mass is 9.96. The average molecular weight is 224 g/mol. The van der Waals surface area contributed by atoms with Gasteiger partial charge in [0.05, 0.1) is 18.9 Å². The zero-order valence-corrected chi connectivity index (χ0v) is 9.20. The van der Waals surface area contributed by atoms with Crippen molar-refractivity contribution in [3.05, 3.63) is 46.7 Å². The van der Waals surface area contributed by atoms with Crippen LogP contribution in [-0.4, -0.2) is 6.61 Å². The first-order chi connectivity index (χ1) is 7.29. The molecule has 3 heteroatoms. The zero-order chi connectivity index (χ0) is 10.7. The molecule has 1 aromatic carbocycles. The van der Waals surface area contributed by atoms with E-state index in [-0.39, 0.29) is 6.04 Å². The molecule has 1 heterocycles. The fraction of sp³-hybridized carbons (Fsp3) is 0.333. The smallest absolute Gasteiger partial charge is 0.0876 e. The third kappa shape index (κ3) is 2.33. The Morgan fingerprint density at radius 3 is 2.80 bits per heavy atom. The van der Waals surface area contributed by atoms with Crippen molar-refractivity contribution in [1.82, 2.24) is 0 Å². The lowest BCUT2D eigenvalue weighted by Crippen LogP contribution is -2.16. The van der Waals surface area contributed by atoms with E-state index in [1.807, 2.05) is 24.3 Å². The molecule has 2 nitrogen and oxygen atoms in total. The molecule has 0 saturated carbocycles. The quantitative estimate of drug-likeness (QED) is 0.837. The molecule has 0 fully saturated rings. The largest absolute Gasteiger partial charge is 0.501 e. The van der Waals surface area contributed by atoms with E-state index in [1.54, 1.807) is 6.26 Å². The van der Waals surface area contributed by atoms with Gasteiger partial charge in [0.25, 0.3) is 0 Å². The molecule has 0 bridgehead atoms.